The number of aromatic nitrogens is 1. The Bertz CT molecular complexity index is 577. The molecule has 1 aromatic heterocycles. The van der Waals surface area contributed by atoms with Crippen LogP contribution in [-0.2, 0) is 14.8 Å². The Morgan fingerprint density at radius 3 is 2.68 bits per heavy atom. The van der Waals surface area contributed by atoms with Gasteiger partial charge in [0.05, 0.1) is 6.10 Å². The first-order valence-electron chi connectivity index (χ1n) is 7.98. The van der Waals surface area contributed by atoms with Gasteiger partial charge in [0.15, 0.2) is 0 Å². The van der Waals surface area contributed by atoms with Crippen LogP contribution in [0.15, 0.2) is 23.2 Å². The summed E-state index contributed by atoms with van der Waals surface area (Å²) in [5.41, 5.74) is 0. The Labute approximate surface area is 131 Å². The zero-order chi connectivity index (χ0) is 15.4. The Morgan fingerprint density at radius 1 is 1.23 bits per heavy atom. The van der Waals surface area contributed by atoms with Crippen LogP contribution in [-0.4, -0.2) is 50.1 Å². The molecule has 22 heavy (non-hydrogen) atoms. The first-order valence-corrected chi connectivity index (χ1v) is 9.42. The monoisotopic (exact) mass is 325 g/mol. The summed E-state index contributed by atoms with van der Waals surface area (Å²) in [4.78, 5) is 4.50. The predicted octanol–water partition coefficient (Wildman–Crippen LogP) is 1.85. The number of hydrogen-bond donors (Lipinski definition) is 1. The lowest BCUT2D eigenvalue weighted by molar-refractivity contribution is 0.120. The molecule has 7 heteroatoms. The maximum Gasteiger partial charge on any atom is 0.244 e. The van der Waals surface area contributed by atoms with Crippen LogP contribution in [0.1, 0.15) is 32.1 Å². The largest absolute Gasteiger partial charge is 0.376 e. The van der Waals surface area contributed by atoms with Gasteiger partial charge in [0, 0.05) is 32.4 Å². The van der Waals surface area contributed by atoms with Crippen LogP contribution < -0.4 is 5.32 Å². The maximum atomic E-state index is 12.5. The van der Waals surface area contributed by atoms with Gasteiger partial charge in [0.25, 0.3) is 0 Å². The van der Waals surface area contributed by atoms with Crippen LogP contribution in [0.3, 0.4) is 0 Å². The van der Waals surface area contributed by atoms with Gasteiger partial charge in [-0.05, 0) is 37.8 Å². The van der Waals surface area contributed by atoms with E-state index in [0.717, 1.165) is 38.7 Å². The molecule has 2 fully saturated rings. The highest BCUT2D eigenvalue weighted by molar-refractivity contribution is 7.89. The van der Waals surface area contributed by atoms with Crippen molar-refractivity contribution in [3.63, 3.8) is 0 Å². The fraction of sp³-hybridized carbons (Fsp3) is 0.667. The summed E-state index contributed by atoms with van der Waals surface area (Å²) in [6.45, 7) is 2.76. The second kappa shape index (κ2) is 6.93. The fourth-order valence-electron chi connectivity index (χ4n) is 2.92. The number of rotatable bonds is 5. The molecule has 1 N–H and O–H groups in total. The second-order valence-corrected chi connectivity index (χ2v) is 7.80. The summed E-state index contributed by atoms with van der Waals surface area (Å²) in [5.74, 6) is 0.688. The smallest absolute Gasteiger partial charge is 0.244 e. The average Bonchev–Trinajstić information content (AvgIpc) is 3.08. The first kappa shape index (κ1) is 15.7. The zero-order valence-electron chi connectivity index (χ0n) is 12.7. The minimum absolute atomic E-state index is 0.235. The quantitative estimate of drug-likeness (QED) is 0.894. The van der Waals surface area contributed by atoms with E-state index >= 15 is 0 Å². The molecule has 0 aliphatic carbocycles. The molecule has 2 aliphatic rings. The van der Waals surface area contributed by atoms with Crippen LogP contribution in [0.5, 0.6) is 0 Å². The average molecular weight is 325 g/mol. The highest BCUT2D eigenvalue weighted by Gasteiger charge is 2.26. The Kier molecular flexibility index (Phi) is 4.95. The third kappa shape index (κ3) is 3.59. The van der Waals surface area contributed by atoms with Crippen molar-refractivity contribution in [3.8, 4) is 0 Å². The van der Waals surface area contributed by atoms with Gasteiger partial charge < -0.3 is 10.1 Å². The molecule has 0 unspecified atom stereocenters. The number of nitrogens with zero attached hydrogens (tertiary/aromatic N) is 2. The molecule has 3 rings (SSSR count). The molecule has 2 aliphatic heterocycles. The molecule has 2 saturated heterocycles. The number of pyridine rings is 1. The van der Waals surface area contributed by atoms with Crippen LogP contribution >= 0.6 is 0 Å². The summed E-state index contributed by atoms with van der Waals surface area (Å²) < 4.78 is 32.1. The van der Waals surface area contributed by atoms with Crippen LogP contribution in [0.4, 0.5) is 5.82 Å². The van der Waals surface area contributed by atoms with Gasteiger partial charge in [0.2, 0.25) is 10.0 Å². The molecule has 6 nitrogen and oxygen atoms in total. The Morgan fingerprint density at radius 2 is 2.05 bits per heavy atom. The standard InChI is InChI=1S/C15H23N3O3S/c19-22(20,18-8-2-1-3-9-18)14-6-7-15(17-12-14)16-11-13-5-4-10-21-13/h6-7,12-13H,1-5,8-11H2,(H,16,17)/t13-/m0/s1. The van der Waals surface area contributed by atoms with E-state index in [1.165, 1.54) is 6.20 Å². The van der Waals surface area contributed by atoms with Crippen molar-refractivity contribution in [1.82, 2.24) is 9.29 Å². The Hall–Kier alpha value is -1.18. The molecule has 0 radical (unpaired) electrons. The zero-order valence-corrected chi connectivity index (χ0v) is 13.5. The van der Waals surface area contributed by atoms with E-state index in [0.29, 0.717) is 25.5 Å². The third-order valence-electron chi connectivity index (χ3n) is 4.22. The minimum Gasteiger partial charge on any atom is -0.376 e. The molecule has 1 atom stereocenters. The first-order chi connectivity index (χ1) is 10.7. The summed E-state index contributed by atoms with van der Waals surface area (Å²) in [5, 5.41) is 3.20. The van der Waals surface area contributed by atoms with Crippen LogP contribution in [0.2, 0.25) is 0 Å². The van der Waals surface area contributed by atoms with Gasteiger partial charge in [-0.1, -0.05) is 6.42 Å². The van der Waals surface area contributed by atoms with Crippen LogP contribution in [0.25, 0.3) is 0 Å². The van der Waals surface area contributed by atoms with E-state index < -0.39 is 10.0 Å². The number of piperidine rings is 1. The molecular formula is C15H23N3O3S. The topological polar surface area (TPSA) is 71.5 Å². The van der Waals surface area contributed by atoms with E-state index in [1.807, 2.05) is 0 Å². The highest BCUT2D eigenvalue weighted by Crippen LogP contribution is 2.21. The van der Waals surface area contributed by atoms with E-state index in [9.17, 15) is 8.42 Å². The van der Waals surface area contributed by atoms with E-state index in [-0.39, 0.29) is 11.0 Å². The molecule has 0 saturated carbocycles. The van der Waals surface area contributed by atoms with E-state index in [2.05, 4.69) is 10.3 Å². The van der Waals surface area contributed by atoms with Crippen molar-refractivity contribution < 1.29 is 13.2 Å². The van der Waals surface area contributed by atoms with Gasteiger partial charge in [-0.2, -0.15) is 4.31 Å². The highest BCUT2D eigenvalue weighted by atomic mass is 32.2. The third-order valence-corrected chi connectivity index (χ3v) is 6.11. The van der Waals surface area contributed by atoms with Gasteiger partial charge >= 0.3 is 0 Å². The lowest BCUT2D eigenvalue weighted by Crippen LogP contribution is -2.35. The van der Waals surface area contributed by atoms with E-state index in [1.54, 1.807) is 16.4 Å². The van der Waals surface area contributed by atoms with Gasteiger partial charge in [0.1, 0.15) is 10.7 Å². The number of nitrogens with one attached hydrogen (secondary N) is 1. The van der Waals surface area contributed by atoms with Gasteiger partial charge in [-0.15, -0.1) is 0 Å². The molecule has 3 heterocycles. The predicted molar refractivity (Wildman–Crippen MR) is 84.3 cm³/mol. The van der Waals surface area contributed by atoms with Crippen molar-refractivity contribution in [1.29, 1.82) is 0 Å². The fourth-order valence-corrected chi connectivity index (χ4v) is 4.38. The lowest BCUT2D eigenvalue weighted by Gasteiger charge is -2.25. The molecule has 122 valence electrons. The number of hydrogen-bond acceptors (Lipinski definition) is 5. The molecule has 0 amide bonds. The van der Waals surface area contributed by atoms with Crippen molar-refractivity contribution in [2.24, 2.45) is 0 Å². The van der Waals surface area contributed by atoms with Crippen molar-refractivity contribution in [2.75, 3.05) is 31.6 Å². The Balaban J connectivity index is 1.62. The summed E-state index contributed by atoms with van der Waals surface area (Å²) >= 11 is 0. The number of sulfonamides is 1. The van der Waals surface area contributed by atoms with Crippen molar-refractivity contribution in [3.05, 3.63) is 18.3 Å². The lowest BCUT2D eigenvalue weighted by atomic mass is 10.2. The summed E-state index contributed by atoms with van der Waals surface area (Å²) in [7, 11) is -3.39. The van der Waals surface area contributed by atoms with E-state index in [4.69, 9.17) is 4.74 Å². The number of anilines is 1. The summed E-state index contributed by atoms with van der Waals surface area (Å²) in [6.07, 6.45) is 6.83. The van der Waals surface area contributed by atoms with Crippen LogP contribution in [0, 0.1) is 0 Å². The molecule has 0 bridgehead atoms. The molecular weight excluding hydrogens is 302 g/mol. The summed E-state index contributed by atoms with van der Waals surface area (Å²) in [6, 6.07) is 3.36. The molecule has 1 aromatic rings. The normalized spacial score (nSPS) is 23.5. The SMILES string of the molecule is O=S(=O)(c1ccc(NC[C@@H]2CCCO2)nc1)N1CCCCC1. The minimum atomic E-state index is -3.39. The molecule has 0 spiro atoms. The number of ether oxygens (including phenoxy) is 1. The maximum absolute atomic E-state index is 12.5. The molecule has 0 aromatic carbocycles. The van der Waals surface area contributed by atoms with Crippen molar-refractivity contribution in [2.45, 2.75) is 43.1 Å². The van der Waals surface area contributed by atoms with Gasteiger partial charge in [-0.3, -0.25) is 0 Å². The second-order valence-electron chi connectivity index (χ2n) is 5.86. The van der Waals surface area contributed by atoms with Gasteiger partial charge in [-0.25, -0.2) is 13.4 Å². The van der Waals surface area contributed by atoms with Crippen molar-refractivity contribution >= 4 is 15.8 Å².